The Balaban J connectivity index is 0.000000273. The predicted molar refractivity (Wildman–Crippen MR) is 229 cm³/mol. The summed E-state index contributed by atoms with van der Waals surface area (Å²) in [6.07, 6.45) is 0.942. The number of fused-ring (bicyclic) bond motifs is 3. The van der Waals surface area contributed by atoms with Gasteiger partial charge in [0, 0.05) is 0 Å². The van der Waals surface area contributed by atoms with E-state index in [9.17, 15) is 0 Å². The molecule has 0 bridgehead atoms. The molecule has 0 nitrogen and oxygen atoms in total. The smallest absolute Gasteiger partial charge is 0.172 e. The Bertz CT molecular complexity index is 2170. The third-order valence-electron chi connectivity index (χ3n) is 10.2. The van der Waals surface area contributed by atoms with E-state index in [2.05, 4.69) is 189 Å². The SMILES string of the molecule is Cc1ccccc1-c1[c-]c2c(cc1C(C)(C)C)-c1cc(C(C)(C)C)c(-c3ccccc3C)cc1C2.[Cl-].[Cl-].[Zr+2]=[C](c1ccccc1)c1ccccc1.c1cc[cH-]c1. The minimum atomic E-state index is 0. The first-order valence-corrected chi connectivity index (χ1v) is 20.3. The molecule has 284 valence electrons. The molecule has 0 atom stereocenters. The van der Waals surface area contributed by atoms with Crippen molar-refractivity contribution in [2.24, 2.45) is 0 Å². The van der Waals surface area contributed by atoms with E-state index in [0.717, 1.165) is 6.42 Å². The van der Waals surface area contributed by atoms with Crippen molar-refractivity contribution in [2.45, 2.75) is 72.6 Å². The van der Waals surface area contributed by atoms with Crippen LogP contribution in [-0.4, -0.2) is 3.21 Å². The molecule has 0 saturated heterocycles. The quantitative estimate of drug-likeness (QED) is 0.159. The Labute approximate surface area is 364 Å². The van der Waals surface area contributed by atoms with E-state index in [4.69, 9.17) is 0 Å². The van der Waals surface area contributed by atoms with Crippen molar-refractivity contribution in [2.75, 3.05) is 0 Å². The van der Waals surface area contributed by atoms with Crippen molar-refractivity contribution in [3.63, 3.8) is 0 Å². The summed E-state index contributed by atoms with van der Waals surface area (Å²) in [6.45, 7) is 18.4. The maximum Gasteiger partial charge on any atom is -0.172 e. The molecule has 56 heavy (non-hydrogen) atoms. The van der Waals surface area contributed by atoms with Gasteiger partial charge in [0.15, 0.2) is 0 Å². The van der Waals surface area contributed by atoms with E-state index in [1.54, 1.807) is 0 Å². The average Bonchev–Trinajstić information content (AvgIpc) is 3.86. The summed E-state index contributed by atoms with van der Waals surface area (Å²) in [5.74, 6) is 0. The number of rotatable bonds is 4. The first-order chi connectivity index (χ1) is 25.8. The Morgan fingerprint density at radius 2 is 0.982 bits per heavy atom. The van der Waals surface area contributed by atoms with E-state index >= 15 is 0 Å². The van der Waals surface area contributed by atoms with Gasteiger partial charge in [-0.15, -0.1) is 28.8 Å². The number of hydrogen-bond acceptors (Lipinski definition) is 0. The van der Waals surface area contributed by atoms with Crippen LogP contribution in [0.3, 0.4) is 0 Å². The standard InChI is InChI=1S/C35H37.C13H10.C5H5.2ClH.Zr/c1-22-13-9-11-15-26(22)30-18-24-17-25-19-31(27-16-12-10-14-23(27)2)33(35(6,7)8)21-29(25)28(24)20-32(30)34(3,4)5;1-3-7-12(8-4-1)11-13-9-5-2-6-10-13;1-2-4-5-3-1;;;/h9-16,18,20-21H,17H2,1-8H3;1-10H;1-5H;2*1H;/q-1;;-1;;;+2/p-2. The molecule has 0 radical (unpaired) electrons. The Morgan fingerprint density at radius 1 is 0.518 bits per heavy atom. The van der Waals surface area contributed by atoms with Crippen LogP contribution in [0.15, 0.2) is 158 Å². The van der Waals surface area contributed by atoms with E-state index in [-0.39, 0.29) is 35.6 Å². The van der Waals surface area contributed by atoms with E-state index in [0.29, 0.717) is 0 Å². The molecule has 7 aromatic rings. The third-order valence-corrected chi connectivity index (χ3v) is 11.6. The second kappa shape index (κ2) is 19.4. The van der Waals surface area contributed by atoms with Crippen molar-refractivity contribution < 1.29 is 49.0 Å². The number of halogens is 2. The van der Waals surface area contributed by atoms with Gasteiger partial charge in [0.2, 0.25) is 0 Å². The molecule has 7 aromatic carbocycles. The summed E-state index contributed by atoms with van der Waals surface area (Å²) in [5, 5.41) is 0. The van der Waals surface area contributed by atoms with Crippen LogP contribution in [0.2, 0.25) is 0 Å². The van der Waals surface area contributed by atoms with Gasteiger partial charge in [-0.2, -0.15) is 18.2 Å². The monoisotopic (exact) mass is 848 g/mol. The van der Waals surface area contributed by atoms with Gasteiger partial charge in [-0.1, -0.05) is 124 Å². The second-order valence-corrected chi connectivity index (χ2v) is 17.6. The van der Waals surface area contributed by atoms with Crippen molar-refractivity contribution >= 4 is 3.21 Å². The van der Waals surface area contributed by atoms with Crippen molar-refractivity contribution in [3.05, 3.63) is 208 Å². The molecule has 3 heteroatoms. The summed E-state index contributed by atoms with van der Waals surface area (Å²) in [4.78, 5) is 0. The summed E-state index contributed by atoms with van der Waals surface area (Å²) >= 11 is 1.46. The molecule has 1 aliphatic rings. The molecule has 0 unspecified atom stereocenters. The first kappa shape index (κ1) is 44.7. The Kier molecular flexibility index (Phi) is 15.5. The van der Waals surface area contributed by atoms with Crippen molar-refractivity contribution in [1.29, 1.82) is 0 Å². The van der Waals surface area contributed by atoms with Gasteiger partial charge in [-0.3, -0.25) is 0 Å². The van der Waals surface area contributed by atoms with Crippen LogP contribution in [0.25, 0.3) is 33.4 Å². The maximum absolute atomic E-state index is 3.93. The van der Waals surface area contributed by atoms with Crippen LogP contribution in [0.4, 0.5) is 0 Å². The van der Waals surface area contributed by atoms with E-state index in [1.807, 2.05) is 30.3 Å². The zero-order valence-electron chi connectivity index (χ0n) is 34.0. The number of aryl methyl sites for hydroxylation is 2. The fourth-order valence-electron chi connectivity index (χ4n) is 7.27. The largest absolute Gasteiger partial charge is 0.214 e. The zero-order chi connectivity index (χ0) is 38.5. The van der Waals surface area contributed by atoms with Gasteiger partial charge >= 0.3 is 99.2 Å². The molecule has 0 fully saturated rings. The molecule has 0 spiro atoms. The van der Waals surface area contributed by atoms with Crippen LogP contribution in [0.5, 0.6) is 0 Å². The van der Waals surface area contributed by atoms with Crippen LogP contribution in [-0.2, 0) is 41.5 Å². The molecule has 0 heterocycles. The fraction of sp³-hybridized carbons (Fsp3) is 0.208. The topological polar surface area (TPSA) is 0 Å². The van der Waals surface area contributed by atoms with Crippen LogP contribution >= 0.6 is 0 Å². The normalized spacial score (nSPS) is 11.3. The van der Waals surface area contributed by atoms with Crippen LogP contribution < -0.4 is 24.8 Å². The van der Waals surface area contributed by atoms with Crippen LogP contribution in [0.1, 0.15) is 86.1 Å². The summed E-state index contributed by atoms with van der Waals surface area (Å²) in [6, 6.07) is 60.0. The van der Waals surface area contributed by atoms with Gasteiger partial charge in [0.05, 0.1) is 0 Å². The van der Waals surface area contributed by atoms with Crippen molar-refractivity contribution in [3.8, 4) is 33.4 Å². The maximum atomic E-state index is 3.93. The average molecular weight is 851 g/mol. The number of hydrogen-bond donors (Lipinski definition) is 0. The van der Waals surface area contributed by atoms with Gasteiger partial charge in [-0.05, 0) is 58.9 Å². The Morgan fingerprint density at radius 3 is 1.45 bits per heavy atom. The van der Waals surface area contributed by atoms with Gasteiger partial charge < -0.3 is 24.8 Å². The van der Waals surface area contributed by atoms with Crippen LogP contribution in [0, 0.1) is 19.9 Å². The predicted octanol–water partition coefficient (Wildman–Crippen LogP) is 7.82. The Hall–Kier alpha value is -4.00. The second-order valence-electron chi connectivity index (χ2n) is 16.4. The van der Waals surface area contributed by atoms with Gasteiger partial charge in [-0.25, -0.2) is 12.1 Å². The number of benzene rings is 6. The van der Waals surface area contributed by atoms with E-state index < -0.39 is 0 Å². The molecule has 0 N–H and O–H groups in total. The first-order valence-electron chi connectivity index (χ1n) is 19.1. The molecule has 0 aliphatic heterocycles. The molecule has 0 saturated carbocycles. The molecule has 1 aliphatic carbocycles. The molecule has 8 rings (SSSR count). The molecule has 0 amide bonds. The minimum Gasteiger partial charge on any atom is -0.214 e. The fourth-order valence-corrected chi connectivity index (χ4v) is 8.09. The molecular formula is C53H52Cl2Zr-2. The van der Waals surface area contributed by atoms with Gasteiger partial charge in [0.1, 0.15) is 0 Å². The molecular weight excluding hydrogens is 799 g/mol. The minimum absolute atomic E-state index is 0. The van der Waals surface area contributed by atoms with Gasteiger partial charge in [0.25, 0.3) is 0 Å². The van der Waals surface area contributed by atoms with E-state index in [1.165, 1.54) is 105 Å². The summed E-state index contributed by atoms with van der Waals surface area (Å²) < 4.78 is 1.42. The summed E-state index contributed by atoms with van der Waals surface area (Å²) in [7, 11) is 0. The zero-order valence-corrected chi connectivity index (χ0v) is 37.9. The van der Waals surface area contributed by atoms with Crippen molar-refractivity contribution in [1.82, 2.24) is 0 Å². The summed E-state index contributed by atoms with van der Waals surface area (Å²) in [5.41, 5.74) is 18.9. The molecule has 0 aromatic heterocycles. The third kappa shape index (κ3) is 10.5.